The Balaban J connectivity index is 1.98. The van der Waals surface area contributed by atoms with Gasteiger partial charge in [0.15, 0.2) is 0 Å². The molecule has 0 aromatic carbocycles. The summed E-state index contributed by atoms with van der Waals surface area (Å²) in [6, 6.07) is 0. The van der Waals surface area contributed by atoms with Crippen LogP contribution in [0.25, 0.3) is 0 Å². The summed E-state index contributed by atoms with van der Waals surface area (Å²) in [5.41, 5.74) is 0. The van der Waals surface area contributed by atoms with Crippen molar-refractivity contribution in [2.75, 3.05) is 13.1 Å². The third kappa shape index (κ3) is 22.0. The molecule has 0 radical (unpaired) electrons. The first-order valence-electron chi connectivity index (χ1n) is 19.0. The number of nitrogens with zero attached hydrogens (tertiary/aromatic N) is 2. The third-order valence-electron chi connectivity index (χ3n) is 9.28. The smallest absolute Gasteiger partial charge is 0.101 e. The molecule has 1 aliphatic heterocycles. The van der Waals surface area contributed by atoms with E-state index in [0.717, 1.165) is 0 Å². The van der Waals surface area contributed by atoms with Crippen molar-refractivity contribution in [1.29, 1.82) is 0 Å². The average molecular weight is 561 g/mol. The van der Waals surface area contributed by atoms with E-state index in [0.29, 0.717) is 6.17 Å². The number of hydrogen-bond acceptors (Lipinski definition) is 2. The molecule has 0 saturated carbocycles. The Morgan fingerprint density at radius 1 is 0.325 bits per heavy atom. The molecule has 0 aromatic rings. The monoisotopic (exact) mass is 561 g/mol. The molecule has 0 N–H and O–H groups in total. The minimum Gasteiger partial charge on any atom is -0.356 e. The van der Waals surface area contributed by atoms with E-state index < -0.39 is 0 Å². The summed E-state index contributed by atoms with van der Waals surface area (Å²) in [4.78, 5) is 5.31. The summed E-state index contributed by atoms with van der Waals surface area (Å²) in [5.74, 6) is 0. The Morgan fingerprint density at radius 3 is 0.975 bits per heavy atom. The number of hydrogen-bond donors (Lipinski definition) is 0. The molecule has 0 aliphatic carbocycles. The minimum atomic E-state index is 0.638. The van der Waals surface area contributed by atoms with Gasteiger partial charge in [-0.05, 0) is 25.7 Å². The SMILES string of the molecule is CCCCCCCCCCCCCCCCCN1C=CN(CCC)C1CCCCCCCCCCCCCCC. The van der Waals surface area contributed by atoms with Gasteiger partial charge in [0.1, 0.15) is 6.17 Å². The lowest BCUT2D eigenvalue weighted by Gasteiger charge is -2.33. The fourth-order valence-corrected chi connectivity index (χ4v) is 6.61. The molecule has 40 heavy (non-hydrogen) atoms. The maximum Gasteiger partial charge on any atom is 0.101 e. The molecule has 0 bridgehead atoms. The molecule has 1 heterocycles. The van der Waals surface area contributed by atoms with Gasteiger partial charge in [0.05, 0.1) is 0 Å². The summed E-state index contributed by atoms with van der Waals surface area (Å²) in [7, 11) is 0. The molecule has 238 valence electrons. The van der Waals surface area contributed by atoms with Crippen LogP contribution in [0.1, 0.15) is 213 Å². The summed E-state index contributed by atoms with van der Waals surface area (Å²) in [6.07, 6.45) is 48.6. The van der Waals surface area contributed by atoms with Gasteiger partial charge in [-0.3, -0.25) is 0 Å². The second kappa shape index (κ2) is 29.8. The van der Waals surface area contributed by atoms with Crippen molar-refractivity contribution < 1.29 is 0 Å². The maximum absolute atomic E-state index is 2.68. The van der Waals surface area contributed by atoms with E-state index in [2.05, 4.69) is 43.0 Å². The van der Waals surface area contributed by atoms with Crippen LogP contribution < -0.4 is 0 Å². The predicted molar refractivity (Wildman–Crippen MR) is 182 cm³/mol. The molecule has 0 fully saturated rings. The van der Waals surface area contributed by atoms with Crippen molar-refractivity contribution in [1.82, 2.24) is 9.80 Å². The van der Waals surface area contributed by atoms with Crippen molar-refractivity contribution in [3.05, 3.63) is 12.4 Å². The minimum absolute atomic E-state index is 0.638. The van der Waals surface area contributed by atoms with Crippen LogP contribution in [0.15, 0.2) is 12.4 Å². The maximum atomic E-state index is 2.68. The first-order valence-corrected chi connectivity index (χ1v) is 19.0. The lowest BCUT2D eigenvalue weighted by atomic mass is 10.0. The number of unbranched alkanes of at least 4 members (excludes halogenated alkanes) is 26. The van der Waals surface area contributed by atoms with Gasteiger partial charge in [-0.1, -0.05) is 188 Å². The first kappa shape index (κ1) is 37.4. The van der Waals surface area contributed by atoms with Gasteiger partial charge in [0.2, 0.25) is 0 Å². The molecule has 2 nitrogen and oxygen atoms in total. The highest BCUT2D eigenvalue weighted by Crippen LogP contribution is 2.23. The molecular weight excluding hydrogens is 484 g/mol. The van der Waals surface area contributed by atoms with Crippen LogP contribution in [0.4, 0.5) is 0 Å². The molecule has 0 aromatic heterocycles. The quantitative estimate of drug-likeness (QED) is 0.0755. The summed E-state index contributed by atoms with van der Waals surface area (Å²) in [6.45, 7) is 9.42. The van der Waals surface area contributed by atoms with E-state index in [9.17, 15) is 0 Å². The van der Waals surface area contributed by atoms with E-state index >= 15 is 0 Å². The van der Waals surface area contributed by atoms with Gasteiger partial charge >= 0.3 is 0 Å². The average Bonchev–Trinajstić information content (AvgIpc) is 3.34. The van der Waals surface area contributed by atoms with E-state index in [1.165, 1.54) is 206 Å². The lowest BCUT2D eigenvalue weighted by molar-refractivity contribution is 0.137. The molecule has 0 saturated heterocycles. The summed E-state index contributed by atoms with van der Waals surface area (Å²) in [5, 5.41) is 0. The van der Waals surface area contributed by atoms with Crippen LogP contribution in [0, 0.1) is 0 Å². The van der Waals surface area contributed by atoms with Gasteiger partial charge in [-0.15, -0.1) is 0 Å². The van der Waals surface area contributed by atoms with Crippen molar-refractivity contribution >= 4 is 0 Å². The molecule has 0 spiro atoms. The van der Waals surface area contributed by atoms with Crippen LogP contribution >= 0.6 is 0 Å². The molecule has 2 heteroatoms. The normalized spacial score (nSPS) is 15.1. The lowest BCUT2D eigenvalue weighted by Crippen LogP contribution is -2.39. The van der Waals surface area contributed by atoms with Gasteiger partial charge in [0, 0.05) is 25.5 Å². The molecule has 1 aliphatic rings. The first-order chi connectivity index (χ1) is 19.8. The van der Waals surface area contributed by atoms with E-state index in [-0.39, 0.29) is 0 Å². The van der Waals surface area contributed by atoms with Crippen molar-refractivity contribution in [2.45, 2.75) is 220 Å². The Kier molecular flexibility index (Phi) is 27.9. The molecule has 1 atom stereocenters. The zero-order chi connectivity index (χ0) is 28.8. The summed E-state index contributed by atoms with van der Waals surface area (Å²) < 4.78 is 0. The van der Waals surface area contributed by atoms with Gasteiger partial charge < -0.3 is 9.80 Å². The van der Waals surface area contributed by atoms with Crippen LogP contribution in [0.2, 0.25) is 0 Å². The van der Waals surface area contributed by atoms with Gasteiger partial charge in [-0.2, -0.15) is 0 Å². The number of rotatable bonds is 32. The van der Waals surface area contributed by atoms with E-state index in [1.807, 2.05) is 0 Å². The molecular formula is C38H76N2. The standard InChI is InChI=1S/C38H76N2/c1-4-7-9-11-13-15-17-19-20-22-24-26-28-30-32-35-40-37-36-39(34-6-3)38(40)33-31-29-27-25-23-21-18-16-14-12-10-8-5-2/h36-38H,4-35H2,1-3H3. The van der Waals surface area contributed by atoms with Crippen LogP contribution in [0.3, 0.4) is 0 Å². The topological polar surface area (TPSA) is 6.48 Å². The van der Waals surface area contributed by atoms with Gasteiger partial charge in [0.25, 0.3) is 0 Å². The largest absolute Gasteiger partial charge is 0.356 e. The Hall–Kier alpha value is -0.660. The Morgan fingerprint density at radius 2 is 0.625 bits per heavy atom. The van der Waals surface area contributed by atoms with Crippen molar-refractivity contribution in [3.8, 4) is 0 Å². The van der Waals surface area contributed by atoms with Crippen molar-refractivity contribution in [3.63, 3.8) is 0 Å². The van der Waals surface area contributed by atoms with E-state index in [1.54, 1.807) is 0 Å². The summed E-state index contributed by atoms with van der Waals surface area (Å²) >= 11 is 0. The fourth-order valence-electron chi connectivity index (χ4n) is 6.61. The predicted octanol–water partition coefficient (Wildman–Crippen LogP) is 13.2. The Labute approximate surface area is 254 Å². The second-order valence-electron chi connectivity index (χ2n) is 13.2. The zero-order valence-electron chi connectivity index (χ0n) is 28.3. The third-order valence-corrected chi connectivity index (χ3v) is 9.28. The zero-order valence-corrected chi connectivity index (χ0v) is 28.3. The molecule has 0 amide bonds. The Bertz CT molecular complexity index is 516. The highest BCUT2D eigenvalue weighted by Gasteiger charge is 2.24. The van der Waals surface area contributed by atoms with Crippen LogP contribution in [-0.4, -0.2) is 29.1 Å². The highest BCUT2D eigenvalue weighted by molar-refractivity contribution is 4.96. The van der Waals surface area contributed by atoms with E-state index in [4.69, 9.17) is 0 Å². The van der Waals surface area contributed by atoms with Gasteiger partial charge in [-0.25, -0.2) is 0 Å². The molecule has 1 unspecified atom stereocenters. The fraction of sp³-hybridized carbons (Fsp3) is 0.947. The van der Waals surface area contributed by atoms with Crippen molar-refractivity contribution in [2.24, 2.45) is 0 Å². The van der Waals surface area contributed by atoms with Crippen LogP contribution in [0.5, 0.6) is 0 Å². The second-order valence-corrected chi connectivity index (χ2v) is 13.2. The van der Waals surface area contributed by atoms with Crippen LogP contribution in [-0.2, 0) is 0 Å². The molecule has 1 rings (SSSR count). The highest BCUT2D eigenvalue weighted by atomic mass is 15.4.